The molecule has 1 aromatic rings. The van der Waals surface area contributed by atoms with Gasteiger partial charge in [0.05, 0.1) is 0 Å². The lowest BCUT2D eigenvalue weighted by atomic mass is 9.87. The minimum Gasteiger partial charge on any atom is -0.381 e. The summed E-state index contributed by atoms with van der Waals surface area (Å²) in [5.74, 6) is 0.328. The maximum atomic E-state index is 13.1. The van der Waals surface area contributed by atoms with Crippen LogP contribution in [0, 0.1) is 11.7 Å². The van der Waals surface area contributed by atoms with Crippen molar-refractivity contribution < 1.29 is 9.13 Å². The van der Waals surface area contributed by atoms with E-state index < -0.39 is 0 Å². The minimum atomic E-state index is -0.278. The fourth-order valence-electron chi connectivity index (χ4n) is 2.71. The molecule has 0 radical (unpaired) electrons. The summed E-state index contributed by atoms with van der Waals surface area (Å²) < 4.78 is 18.5. The Morgan fingerprint density at radius 3 is 2.79 bits per heavy atom. The summed E-state index contributed by atoms with van der Waals surface area (Å²) in [7, 11) is 0. The molecule has 2 rings (SSSR count). The highest BCUT2D eigenvalue weighted by Gasteiger charge is 2.24. The van der Waals surface area contributed by atoms with Crippen LogP contribution in [0.25, 0.3) is 0 Å². The third kappa shape index (κ3) is 4.16. The SMILES string of the molecule is CCNC(Cc1ccc(F)cc1Cl)C1CCOCC1. The maximum absolute atomic E-state index is 13.1. The molecule has 1 fully saturated rings. The van der Waals surface area contributed by atoms with E-state index in [4.69, 9.17) is 16.3 Å². The molecule has 0 aliphatic carbocycles. The molecule has 1 heterocycles. The third-order valence-electron chi connectivity index (χ3n) is 3.76. The van der Waals surface area contributed by atoms with Gasteiger partial charge in [0.15, 0.2) is 0 Å². The predicted octanol–water partition coefficient (Wildman–Crippen LogP) is 3.43. The molecule has 0 amide bonds. The van der Waals surface area contributed by atoms with Gasteiger partial charge in [-0.3, -0.25) is 0 Å². The number of hydrogen-bond acceptors (Lipinski definition) is 2. The Labute approximate surface area is 119 Å². The molecule has 1 atom stereocenters. The van der Waals surface area contributed by atoms with Crippen molar-refractivity contribution in [1.29, 1.82) is 0 Å². The van der Waals surface area contributed by atoms with Crippen molar-refractivity contribution in [2.75, 3.05) is 19.8 Å². The highest BCUT2D eigenvalue weighted by Crippen LogP contribution is 2.25. The van der Waals surface area contributed by atoms with Gasteiger partial charge >= 0.3 is 0 Å². The molecule has 106 valence electrons. The number of nitrogens with one attached hydrogen (secondary N) is 1. The average molecular weight is 286 g/mol. The highest BCUT2D eigenvalue weighted by atomic mass is 35.5. The van der Waals surface area contributed by atoms with Gasteiger partial charge in [0.25, 0.3) is 0 Å². The fraction of sp³-hybridized carbons (Fsp3) is 0.600. The van der Waals surface area contributed by atoms with E-state index in [2.05, 4.69) is 12.2 Å². The summed E-state index contributed by atoms with van der Waals surface area (Å²) in [5, 5.41) is 4.06. The molecule has 19 heavy (non-hydrogen) atoms. The van der Waals surface area contributed by atoms with Gasteiger partial charge in [-0.1, -0.05) is 24.6 Å². The van der Waals surface area contributed by atoms with E-state index in [1.165, 1.54) is 12.1 Å². The Morgan fingerprint density at radius 1 is 1.42 bits per heavy atom. The second-order valence-electron chi connectivity index (χ2n) is 5.05. The Bertz CT molecular complexity index is 407. The summed E-state index contributed by atoms with van der Waals surface area (Å²) in [6.45, 7) is 4.72. The fourth-order valence-corrected chi connectivity index (χ4v) is 2.95. The molecule has 1 unspecified atom stereocenters. The first-order valence-corrected chi connectivity index (χ1v) is 7.33. The van der Waals surface area contributed by atoms with Crippen molar-refractivity contribution in [2.45, 2.75) is 32.2 Å². The predicted molar refractivity (Wildman–Crippen MR) is 76.1 cm³/mol. The zero-order chi connectivity index (χ0) is 13.7. The molecule has 1 aliphatic rings. The van der Waals surface area contributed by atoms with Gasteiger partial charge in [0.1, 0.15) is 5.82 Å². The summed E-state index contributed by atoms with van der Waals surface area (Å²) >= 11 is 6.12. The van der Waals surface area contributed by atoms with Crippen LogP contribution in [0.4, 0.5) is 4.39 Å². The van der Waals surface area contributed by atoms with Crippen LogP contribution in [0.2, 0.25) is 5.02 Å². The number of benzene rings is 1. The van der Waals surface area contributed by atoms with E-state index in [1.807, 2.05) is 0 Å². The monoisotopic (exact) mass is 285 g/mol. The van der Waals surface area contributed by atoms with Crippen molar-refractivity contribution in [3.63, 3.8) is 0 Å². The number of rotatable bonds is 5. The van der Waals surface area contributed by atoms with Crippen LogP contribution in [-0.4, -0.2) is 25.8 Å². The number of halogens is 2. The first-order chi connectivity index (χ1) is 9.20. The van der Waals surface area contributed by atoms with Gasteiger partial charge in [-0.2, -0.15) is 0 Å². The lowest BCUT2D eigenvalue weighted by molar-refractivity contribution is 0.0540. The summed E-state index contributed by atoms with van der Waals surface area (Å²) in [6.07, 6.45) is 3.00. The Morgan fingerprint density at radius 2 is 2.16 bits per heavy atom. The van der Waals surface area contributed by atoms with E-state index >= 15 is 0 Å². The molecule has 1 aromatic carbocycles. The first kappa shape index (κ1) is 14.8. The zero-order valence-corrected chi connectivity index (χ0v) is 12.0. The molecule has 0 bridgehead atoms. The van der Waals surface area contributed by atoms with Crippen LogP contribution in [-0.2, 0) is 11.2 Å². The average Bonchev–Trinajstić information content (AvgIpc) is 2.42. The van der Waals surface area contributed by atoms with E-state index in [0.29, 0.717) is 17.0 Å². The second-order valence-corrected chi connectivity index (χ2v) is 5.46. The lowest BCUT2D eigenvalue weighted by Crippen LogP contribution is -2.40. The van der Waals surface area contributed by atoms with Gasteiger partial charge in [0, 0.05) is 24.3 Å². The third-order valence-corrected chi connectivity index (χ3v) is 4.11. The van der Waals surface area contributed by atoms with Crippen molar-refractivity contribution in [1.82, 2.24) is 5.32 Å². The topological polar surface area (TPSA) is 21.3 Å². The van der Waals surface area contributed by atoms with Crippen LogP contribution in [0.5, 0.6) is 0 Å². The Hall–Kier alpha value is -0.640. The summed E-state index contributed by atoms with van der Waals surface area (Å²) in [5.41, 5.74) is 1.01. The molecule has 0 aromatic heterocycles. The highest BCUT2D eigenvalue weighted by molar-refractivity contribution is 6.31. The Kier molecular flexibility index (Phi) is 5.61. The van der Waals surface area contributed by atoms with E-state index in [0.717, 1.165) is 44.6 Å². The molecular formula is C15H21ClFNO. The molecule has 0 spiro atoms. The molecular weight excluding hydrogens is 265 g/mol. The van der Waals surface area contributed by atoms with E-state index in [1.54, 1.807) is 6.07 Å². The number of likely N-dealkylation sites (N-methyl/N-ethyl adjacent to an activating group) is 1. The van der Waals surface area contributed by atoms with Crippen LogP contribution >= 0.6 is 11.6 Å². The number of ether oxygens (including phenoxy) is 1. The minimum absolute atomic E-state index is 0.278. The van der Waals surface area contributed by atoms with E-state index in [-0.39, 0.29) is 5.82 Å². The quantitative estimate of drug-likeness (QED) is 0.895. The largest absolute Gasteiger partial charge is 0.381 e. The Balaban J connectivity index is 2.06. The normalized spacial score (nSPS) is 18.5. The van der Waals surface area contributed by atoms with Crippen LogP contribution in [0.15, 0.2) is 18.2 Å². The van der Waals surface area contributed by atoms with Crippen LogP contribution in [0.3, 0.4) is 0 Å². The molecule has 1 saturated heterocycles. The van der Waals surface area contributed by atoms with Gasteiger partial charge in [0.2, 0.25) is 0 Å². The smallest absolute Gasteiger partial charge is 0.124 e. The number of hydrogen-bond donors (Lipinski definition) is 1. The lowest BCUT2D eigenvalue weighted by Gasteiger charge is -2.31. The summed E-state index contributed by atoms with van der Waals surface area (Å²) in [6, 6.07) is 5.05. The van der Waals surface area contributed by atoms with Gasteiger partial charge in [-0.25, -0.2) is 4.39 Å². The maximum Gasteiger partial charge on any atom is 0.124 e. The molecule has 0 saturated carbocycles. The molecule has 2 nitrogen and oxygen atoms in total. The first-order valence-electron chi connectivity index (χ1n) is 6.95. The van der Waals surface area contributed by atoms with E-state index in [9.17, 15) is 4.39 Å². The van der Waals surface area contributed by atoms with Crippen molar-refractivity contribution in [2.24, 2.45) is 5.92 Å². The standard InChI is InChI=1S/C15H21ClFNO/c1-2-18-15(11-5-7-19-8-6-11)9-12-3-4-13(17)10-14(12)16/h3-4,10-11,15,18H,2,5-9H2,1H3. The second kappa shape index (κ2) is 7.22. The van der Waals surface area contributed by atoms with Crippen molar-refractivity contribution in [3.8, 4) is 0 Å². The van der Waals surface area contributed by atoms with Crippen molar-refractivity contribution in [3.05, 3.63) is 34.6 Å². The van der Waals surface area contributed by atoms with Crippen LogP contribution in [0.1, 0.15) is 25.3 Å². The molecule has 4 heteroatoms. The molecule has 1 aliphatic heterocycles. The zero-order valence-electron chi connectivity index (χ0n) is 11.3. The summed E-state index contributed by atoms with van der Waals surface area (Å²) in [4.78, 5) is 0. The van der Waals surface area contributed by atoms with Gasteiger partial charge < -0.3 is 10.1 Å². The van der Waals surface area contributed by atoms with Gasteiger partial charge in [-0.15, -0.1) is 0 Å². The van der Waals surface area contributed by atoms with Crippen LogP contribution < -0.4 is 5.32 Å². The molecule has 1 N–H and O–H groups in total. The van der Waals surface area contributed by atoms with Gasteiger partial charge in [-0.05, 0) is 49.4 Å². The van der Waals surface area contributed by atoms with Crippen molar-refractivity contribution >= 4 is 11.6 Å².